The van der Waals surface area contributed by atoms with Crippen molar-refractivity contribution in [3.8, 4) is 0 Å². The molecule has 1 atom stereocenters. The lowest BCUT2D eigenvalue weighted by molar-refractivity contribution is -0.110. The highest BCUT2D eigenvalue weighted by molar-refractivity contribution is 6.42. The van der Waals surface area contributed by atoms with Crippen molar-refractivity contribution < 1.29 is 20.1 Å². The van der Waals surface area contributed by atoms with Crippen molar-refractivity contribution in [2.75, 3.05) is 19.8 Å². The van der Waals surface area contributed by atoms with Crippen LogP contribution >= 0.6 is 23.2 Å². The second kappa shape index (κ2) is 6.71. The second-order valence-corrected chi connectivity index (χ2v) is 4.98. The van der Waals surface area contributed by atoms with Gasteiger partial charge in [0.2, 0.25) is 0 Å². The lowest BCUT2D eigenvalue weighted by atomic mass is 10.3. The number of rotatable bonds is 6. The van der Waals surface area contributed by atoms with Gasteiger partial charge in [-0.15, -0.1) is 0 Å². The number of aromatic nitrogens is 2. The molecule has 2 aromatic rings. The Morgan fingerprint density at radius 1 is 1.10 bits per heavy atom. The topological polar surface area (TPSA) is 87.7 Å². The van der Waals surface area contributed by atoms with Gasteiger partial charge in [0.25, 0.3) is 0 Å². The van der Waals surface area contributed by atoms with E-state index in [0.717, 1.165) is 0 Å². The molecule has 1 aromatic carbocycles. The maximum atomic E-state index is 9.43. The van der Waals surface area contributed by atoms with Crippen LogP contribution in [0.2, 0.25) is 10.0 Å². The number of nitrogens with zero attached hydrogens (tertiary/aromatic N) is 2. The Hall–Kier alpha value is -0.890. The predicted molar refractivity (Wildman–Crippen MR) is 74.9 cm³/mol. The fourth-order valence-electron chi connectivity index (χ4n) is 1.81. The first-order chi connectivity index (χ1) is 9.60. The zero-order valence-electron chi connectivity index (χ0n) is 10.4. The predicted octanol–water partition coefficient (Wildman–Crippen LogP) is 1.20. The Balaban J connectivity index is 2.37. The smallest absolute Gasteiger partial charge is 0.159 e. The molecule has 8 heteroatoms. The molecule has 0 radical (unpaired) electrons. The van der Waals surface area contributed by atoms with Gasteiger partial charge in [-0.1, -0.05) is 23.2 Å². The van der Waals surface area contributed by atoms with Gasteiger partial charge in [-0.2, -0.15) is 0 Å². The Morgan fingerprint density at radius 2 is 1.75 bits per heavy atom. The van der Waals surface area contributed by atoms with Gasteiger partial charge in [-0.25, -0.2) is 4.98 Å². The number of benzene rings is 1. The van der Waals surface area contributed by atoms with Crippen LogP contribution in [0.25, 0.3) is 11.0 Å². The van der Waals surface area contributed by atoms with Gasteiger partial charge in [0, 0.05) is 0 Å². The van der Waals surface area contributed by atoms with Crippen molar-refractivity contribution in [2.45, 2.75) is 12.3 Å². The summed E-state index contributed by atoms with van der Waals surface area (Å²) in [6, 6.07) is 3.23. The highest BCUT2D eigenvalue weighted by Gasteiger charge is 2.19. The minimum Gasteiger partial charge on any atom is -0.394 e. The molecule has 1 unspecified atom stereocenters. The van der Waals surface area contributed by atoms with E-state index in [9.17, 15) is 5.11 Å². The highest BCUT2D eigenvalue weighted by atomic mass is 35.5. The Kier molecular flexibility index (Phi) is 5.20. The standard InChI is InChI=1S/C12H14Cl2N2O4/c13-8-1-10-11(2-9(8)14)16(6-15-10)12(5-19)20-7(3-17)4-18/h1-2,6-7,12,17-19H,3-5H2. The molecule has 20 heavy (non-hydrogen) atoms. The molecular formula is C12H14Cl2N2O4. The summed E-state index contributed by atoms with van der Waals surface area (Å²) >= 11 is 11.9. The number of halogens is 2. The van der Waals surface area contributed by atoms with Crippen LogP contribution in [0.15, 0.2) is 18.5 Å². The Morgan fingerprint density at radius 3 is 2.35 bits per heavy atom. The highest BCUT2D eigenvalue weighted by Crippen LogP contribution is 2.29. The van der Waals surface area contributed by atoms with Crippen molar-refractivity contribution in [3.63, 3.8) is 0 Å². The first kappa shape index (κ1) is 15.5. The molecule has 3 N–H and O–H groups in total. The summed E-state index contributed by atoms with van der Waals surface area (Å²) in [4.78, 5) is 4.15. The molecular weight excluding hydrogens is 307 g/mol. The van der Waals surface area contributed by atoms with Crippen LogP contribution in [0.4, 0.5) is 0 Å². The summed E-state index contributed by atoms with van der Waals surface area (Å²) in [5.41, 5.74) is 1.24. The average molecular weight is 321 g/mol. The van der Waals surface area contributed by atoms with Crippen LogP contribution in [0, 0.1) is 0 Å². The normalized spacial score (nSPS) is 13.3. The van der Waals surface area contributed by atoms with E-state index in [1.54, 1.807) is 16.7 Å². The second-order valence-electron chi connectivity index (χ2n) is 4.17. The van der Waals surface area contributed by atoms with Crippen molar-refractivity contribution in [1.82, 2.24) is 9.55 Å². The fourth-order valence-corrected chi connectivity index (χ4v) is 2.13. The van der Waals surface area contributed by atoms with Crippen molar-refractivity contribution in [2.24, 2.45) is 0 Å². The molecule has 0 amide bonds. The van der Waals surface area contributed by atoms with Gasteiger partial charge < -0.3 is 24.6 Å². The van der Waals surface area contributed by atoms with Crippen molar-refractivity contribution >= 4 is 34.2 Å². The molecule has 6 nitrogen and oxygen atoms in total. The number of hydrogen-bond donors (Lipinski definition) is 3. The summed E-state index contributed by atoms with van der Waals surface area (Å²) in [7, 11) is 0. The van der Waals surface area contributed by atoms with Gasteiger partial charge in [0.05, 0.1) is 47.2 Å². The number of aliphatic hydroxyl groups is 3. The van der Waals surface area contributed by atoms with E-state index in [-0.39, 0.29) is 19.8 Å². The molecule has 1 aromatic heterocycles. The van der Waals surface area contributed by atoms with Crippen molar-refractivity contribution in [3.05, 3.63) is 28.5 Å². The number of aliphatic hydroxyl groups excluding tert-OH is 3. The molecule has 0 fully saturated rings. The van der Waals surface area contributed by atoms with E-state index in [0.29, 0.717) is 21.1 Å². The van der Waals surface area contributed by atoms with Crippen LogP contribution in [0.3, 0.4) is 0 Å². The molecule has 0 spiro atoms. The number of hydrogen-bond acceptors (Lipinski definition) is 5. The van der Waals surface area contributed by atoms with Crippen LogP contribution < -0.4 is 0 Å². The van der Waals surface area contributed by atoms with E-state index in [4.69, 9.17) is 38.2 Å². The van der Waals surface area contributed by atoms with Gasteiger partial charge in [0.15, 0.2) is 6.23 Å². The number of fused-ring (bicyclic) bond motifs is 1. The molecule has 0 aliphatic carbocycles. The van der Waals surface area contributed by atoms with Crippen LogP contribution in [-0.2, 0) is 4.74 Å². The van der Waals surface area contributed by atoms with Crippen LogP contribution in [-0.4, -0.2) is 50.8 Å². The van der Waals surface area contributed by atoms with E-state index >= 15 is 0 Å². The summed E-state index contributed by atoms with van der Waals surface area (Å²) < 4.78 is 6.98. The average Bonchev–Trinajstić information content (AvgIpc) is 2.84. The van der Waals surface area contributed by atoms with Gasteiger partial charge in [-0.05, 0) is 12.1 Å². The fraction of sp³-hybridized carbons (Fsp3) is 0.417. The molecule has 0 bridgehead atoms. The zero-order chi connectivity index (χ0) is 14.7. The van der Waals surface area contributed by atoms with Gasteiger partial charge >= 0.3 is 0 Å². The van der Waals surface area contributed by atoms with E-state index in [1.807, 2.05) is 0 Å². The van der Waals surface area contributed by atoms with Crippen LogP contribution in [0.5, 0.6) is 0 Å². The molecule has 0 saturated heterocycles. The quantitative estimate of drug-likeness (QED) is 0.744. The zero-order valence-corrected chi connectivity index (χ0v) is 11.9. The summed E-state index contributed by atoms with van der Waals surface area (Å²) in [5, 5.41) is 28.2. The lowest BCUT2D eigenvalue weighted by Gasteiger charge is -2.22. The maximum Gasteiger partial charge on any atom is 0.159 e. The van der Waals surface area contributed by atoms with Crippen molar-refractivity contribution in [1.29, 1.82) is 0 Å². The third-order valence-electron chi connectivity index (χ3n) is 2.84. The van der Waals surface area contributed by atoms with E-state index < -0.39 is 12.3 Å². The SMILES string of the molecule is OCC(CO)OC(CO)n1cnc2cc(Cl)c(Cl)cc21. The molecule has 1 heterocycles. The minimum atomic E-state index is -0.790. The first-order valence-electron chi connectivity index (χ1n) is 5.90. The first-order valence-corrected chi connectivity index (χ1v) is 6.66. The summed E-state index contributed by atoms with van der Waals surface area (Å²) in [6.07, 6.45) is -0.0989. The Bertz CT molecular complexity index is 586. The minimum absolute atomic E-state index is 0.345. The van der Waals surface area contributed by atoms with E-state index in [1.165, 1.54) is 6.33 Å². The molecule has 0 saturated carbocycles. The molecule has 2 rings (SSSR count). The lowest BCUT2D eigenvalue weighted by Crippen LogP contribution is -2.28. The molecule has 0 aliphatic rings. The van der Waals surface area contributed by atoms with Gasteiger partial charge in [-0.3, -0.25) is 0 Å². The van der Waals surface area contributed by atoms with Gasteiger partial charge in [0.1, 0.15) is 6.10 Å². The summed E-state index contributed by atoms with van der Waals surface area (Å²) in [5.74, 6) is 0. The van der Waals surface area contributed by atoms with E-state index in [2.05, 4.69) is 4.98 Å². The summed E-state index contributed by atoms with van der Waals surface area (Å²) in [6.45, 7) is -1.05. The number of ether oxygens (including phenoxy) is 1. The third-order valence-corrected chi connectivity index (χ3v) is 3.56. The Labute approximate surface area is 125 Å². The largest absolute Gasteiger partial charge is 0.394 e. The number of imidazole rings is 1. The maximum absolute atomic E-state index is 9.43. The third kappa shape index (κ3) is 3.06. The molecule has 110 valence electrons. The monoisotopic (exact) mass is 320 g/mol. The molecule has 0 aliphatic heterocycles. The van der Waals surface area contributed by atoms with Crippen LogP contribution in [0.1, 0.15) is 6.23 Å².